The van der Waals surface area contributed by atoms with Crippen molar-refractivity contribution in [3.05, 3.63) is 35.4 Å². The summed E-state index contributed by atoms with van der Waals surface area (Å²) in [7, 11) is 0. The third kappa shape index (κ3) is 3.86. The molecule has 1 atom stereocenters. The maximum Gasteiger partial charge on any atom is 0.313 e. The van der Waals surface area contributed by atoms with Gasteiger partial charge in [-0.3, -0.25) is 4.79 Å². The van der Waals surface area contributed by atoms with Gasteiger partial charge in [-0.25, -0.2) is 0 Å². The molecule has 0 heterocycles. The lowest BCUT2D eigenvalue weighted by Crippen LogP contribution is -2.21. The Kier molecular flexibility index (Phi) is 5.90. The maximum absolute atomic E-state index is 12.0. The number of ether oxygens (including phenoxy) is 1. The molecule has 18 heavy (non-hydrogen) atoms. The Morgan fingerprint density at radius 1 is 1.28 bits per heavy atom. The summed E-state index contributed by atoms with van der Waals surface area (Å²) in [6.07, 6.45) is 2.18. The summed E-state index contributed by atoms with van der Waals surface area (Å²) >= 11 is 0. The number of hydrogen-bond donors (Lipinski definition) is 0. The summed E-state index contributed by atoms with van der Waals surface area (Å²) in [6, 6.07) is 8.33. The maximum atomic E-state index is 12.0. The van der Waals surface area contributed by atoms with Crippen molar-refractivity contribution in [1.29, 1.82) is 0 Å². The molecule has 0 radical (unpaired) electrons. The van der Waals surface area contributed by atoms with E-state index in [9.17, 15) is 4.79 Å². The molecule has 0 saturated carbocycles. The van der Waals surface area contributed by atoms with E-state index in [1.807, 2.05) is 19.1 Å². The molecule has 1 aromatic carbocycles. The van der Waals surface area contributed by atoms with Crippen LogP contribution in [0.1, 0.15) is 51.2 Å². The highest BCUT2D eigenvalue weighted by atomic mass is 16.5. The molecule has 1 rings (SSSR count). The second kappa shape index (κ2) is 7.20. The Labute approximate surface area is 110 Å². The summed E-state index contributed by atoms with van der Waals surface area (Å²) in [4.78, 5) is 12.0. The first-order valence-corrected chi connectivity index (χ1v) is 6.85. The van der Waals surface area contributed by atoms with Crippen LogP contribution in [-0.4, -0.2) is 12.6 Å². The topological polar surface area (TPSA) is 26.3 Å². The molecule has 1 unspecified atom stereocenters. The summed E-state index contributed by atoms with van der Waals surface area (Å²) in [5.74, 6) is -0.0103. The zero-order valence-electron chi connectivity index (χ0n) is 11.9. The second-order valence-corrected chi connectivity index (χ2v) is 4.97. The lowest BCUT2D eigenvalue weighted by Gasteiger charge is -2.20. The van der Waals surface area contributed by atoms with Crippen molar-refractivity contribution < 1.29 is 9.53 Å². The molecule has 100 valence electrons. The molecule has 2 nitrogen and oxygen atoms in total. The number of carbonyl (C=O) groups excluding carboxylic acids is 1. The molecule has 0 fully saturated rings. The fourth-order valence-corrected chi connectivity index (χ4v) is 2.26. The van der Waals surface area contributed by atoms with Gasteiger partial charge in [-0.2, -0.15) is 0 Å². The molecule has 0 bridgehead atoms. The second-order valence-electron chi connectivity index (χ2n) is 4.97. The van der Waals surface area contributed by atoms with Crippen LogP contribution in [0.2, 0.25) is 0 Å². The largest absolute Gasteiger partial charge is 0.466 e. The average Bonchev–Trinajstić information content (AvgIpc) is 2.30. The van der Waals surface area contributed by atoms with Gasteiger partial charge < -0.3 is 4.74 Å². The molecule has 2 heteroatoms. The van der Waals surface area contributed by atoms with E-state index in [1.54, 1.807) is 0 Å². The number of carbonyl (C=O) groups is 1. The number of rotatable bonds is 6. The molecular formula is C16H24O2. The van der Waals surface area contributed by atoms with E-state index >= 15 is 0 Å². The van der Waals surface area contributed by atoms with Crippen LogP contribution in [0.15, 0.2) is 24.3 Å². The Balaban J connectivity index is 2.98. The van der Waals surface area contributed by atoms with Crippen molar-refractivity contribution in [2.75, 3.05) is 6.61 Å². The van der Waals surface area contributed by atoms with Crippen LogP contribution in [0, 0.1) is 5.92 Å². The van der Waals surface area contributed by atoms with E-state index in [2.05, 4.69) is 32.9 Å². The highest BCUT2D eigenvalue weighted by Crippen LogP contribution is 2.27. The Morgan fingerprint density at radius 2 is 2.00 bits per heavy atom. The molecule has 0 amide bonds. The lowest BCUT2D eigenvalue weighted by molar-refractivity contribution is -0.146. The minimum absolute atomic E-state index is 0.110. The quantitative estimate of drug-likeness (QED) is 0.713. The molecule has 0 aromatic heterocycles. The van der Waals surface area contributed by atoms with E-state index in [0.29, 0.717) is 6.61 Å². The van der Waals surface area contributed by atoms with Crippen LogP contribution in [-0.2, 0) is 16.0 Å². The van der Waals surface area contributed by atoms with Gasteiger partial charge in [0.1, 0.15) is 0 Å². The van der Waals surface area contributed by atoms with E-state index in [4.69, 9.17) is 4.74 Å². The number of esters is 1. The van der Waals surface area contributed by atoms with Gasteiger partial charge in [0.25, 0.3) is 0 Å². The fraction of sp³-hybridized carbons (Fsp3) is 0.562. The average molecular weight is 248 g/mol. The number of benzene rings is 1. The summed E-state index contributed by atoms with van der Waals surface area (Å²) in [5, 5.41) is 0. The van der Waals surface area contributed by atoms with Gasteiger partial charge in [-0.1, -0.05) is 51.5 Å². The first-order valence-electron chi connectivity index (χ1n) is 6.85. The molecule has 0 saturated heterocycles. The Hall–Kier alpha value is -1.31. The van der Waals surface area contributed by atoms with Gasteiger partial charge in [0.05, 0.1) is 12.5 Å². The van der Waals surface area contributed by atoms with Crippen LogP contribution in [0.3, 0.4) is 0 Å². The zero-order chi connectivity index (χ0) is 13.5. The smallest absolute Gasteiger partial charge is 0.313 e. The van der Waals surface area contributed by atoms with Gasteiger partial charge in [0, 0.05) is 0 Å². The molecule has 0 spiro atoms. The molecule has 0 aliphatic rings. The van der Waals surface area contributed by atoms with Crippen molar-refractivity contribution in [3.63, 3.8) is 0 Å². The fourth-order valence-electron chi connectivity index (χ4n) is 2.26. The van der Waals surface area contributed by atoms with Crippen molar-refractivity contribution in [3.8, 4) is 0 Å². The molecule has 1 aromatic rings. The SMILES string of the molecule is CCCc1cccc(C(C(=O)OCC)C(C)C)c1. The predicted octanol–water partition coefficient (Wildman–Crippen LogP) is 3.94. The minimum atomic E-state index is -0.151. The zero-order valence-corrected chi connectivity index (χ0v) is 11.9. The van der Waals surface area contributed by atoms with Gasteiger partial charge in [-0.05, 0) is 30.4 Å². The summed E-state index contributed by atoms with van der Waals surface area (Å²) in [6.45, 7) is 8.58. The predicted molar refractivity (Wildman–Crippen MR) is 74.6 cm³/mol. The van der Waals surface area contributed by atoms with Gasteiger partial charge in [0.2, 0.25) is 0 Å². The van der Waals surface area contributed by atoms with Crippen LogP contribution in [0.4, 0.5) is 0 Å². The molecule has 0 aliphatic carbocycles. The van der Waals surface area contributed by atoms with Crippen molar-refractivity contribution in [2.45, 2.75) is 46.5 Å². The third-order valence-electron chi connectivity index (χ3n) is 3.06. The molecular weight excluding hydrogens is 224 g/mol. The van der Waals surface area contributed by atoms with Crippen molar-refractivity contribution in [1.82, 2.24) is 0 Å². The highest BCUT2D eigenvalue weighted by molar-refractivity contribution is 5.78. The lowest BCUT2D eigenvalue weighted by atomic mass is 9.87. The highest BCUT2D eigenvalue weighted by Gasteiger charge is 2.25. The Morgan fingerprint density at radius 3 is 2.56 bits per heavy atom. The summed E-state index contributed by atoms with van der Waals surface area (Å²) < 4.78 is 5.18. The van der Waals surface area contributed by atoms with Gasteiger partial charge in [0.15, 0.2) is 0 Å². The van der Waals surface area contributed by atoms with Crippen molar-refractivity contribution in [2.24, 2.45) is 5.92 Å². The van der Waals surface area contributed by atoms with E-state index in [-0.39, 0.29) is 17.8 Å². The number of aryl methyl sites for hydroxylation is 1. The van der Waals surface area contributed by atoms with Crippen LogP contribution >= 0.6 is 0 Å². The number of hydrogen-bond acceptors (Lipinski definition) is 2. The Bertz CT molecular complexity index is 382. The minimum Gasteiger partial charge on any atom is -0.466 e. The van der Waals surface area contributed by atoms with Crippen LogP contribution < -0.4 is 0 Å². The van der Waals surface area contributed by atoms with E-state index in [0.717, 1.165) is 18.4 Å². The standard InChI is InChI=1S/C16H24O2/c1-5-8-13-9-7-10-14(11-13)15(12(3)4)16(17)18-6-2/h7,9-12,15H,5-6,8H2,1-4H3. The first-order chi connectivity index (χ1) is 8.60. The van der Waals surface area contributed by atoms with E-state index < -0.39 is 0 Å². The third-order valence-corrected chi connectivity index (χ3v) is 3.06. The normalized spacial score (nSPS) is 12.5. The molecule has 0 N–H and O–H groups in total. The monoisotopic (exact) mass is 248 g/mol. The molecule has 0 aliphatic heterocycles. The van der Waals surface area contributed by atoms with Gasteiger partial charge >= 0.3 is 5.97 Å². The van der Waals surface area contributed by atoms with Crippen molar-refractivity contribution >= 4 is 5.97 Å². The van der Waals surface area contributed by atoms with Gasteiger partial charge in [-0.15, -0.1) is 0 Å². The first kappa shape index (κ1) is 14.7. The van der Waals surface area contributed by atoms with E-state index in [1.165, 1.54) is 5.56 Å². The summed E-state index contributed by atoms with van der Waals surface area (Å²) in [5.41, 5.74) is 2.37. The van der Waals surface area contributed by atoms with Crippen LogP contribution in [0.25, 0.3) is 0 Å². The van der Waals surface area contributed by atoms with Crippen LogP contribution in [0.5, 0.6) is 0 Å².